The summed E-state index contributed by atoms with van der Waals surface area (Å²) in [4.78, 5) is 22.9. The molecule has 0 aliphatic heterocycles. The molecule has 0 saturated carbocycles. The number of carbonyl (C=O) groups is 1. The van der Waals surface area contributed by atoms with Gasteiger partial charge in [0.2, 0.25) is 11.7 Å². The van der Waals surface area contributed by atoms with E-state index < -0.39 is 10.8 Å². The van der Waals surface area contributed by atoms with Crippen LogP contribution in [0.4, 0.5) is 11.4 Å². The highest BCUT2D eigenvalue weighted by Crippen LogP contribution is 2.39. The number of aromatic hydroxyl groups is 1. The number of carbonyl (C=O) groups excluding carboxylic acids is 1. The van der Waals surface area contributed by atoms with Crippen LogP contribution < -0.4 is 24.3 Å². The van der Waals surface area contributed by atoms with Gasteiger partial charge in [0, 0.05) is 18.2 Å². The van der Waals surface area contributed by atoms with Gasteiger partial charge in [-0.1, -0.05) is 24.3 Å². The molecule has 0 aliphatic carbocycles. The van der Waals surface area contributed by atoms with E-state index in [0.717, 1.165) is 5.56 Å². The van der Waals surface area contributed by atoms with E-state index in [1.54, 1.807) is 42.5 Å². The van der Waals surface area contributed by atoms with E-state index in [0.29, 0.717) is 28.4 Å². The molecule has 0 bridgehead atoms. The van der Waals surface area contributed by atoms with Gasteiger partial charge in [-0.25, -0.2) is 0 Å². The first-order chi connectivity index (χ1) is 17.8. The number of rotatable bonds is 10. The van der Waals surface area contributed by atoms with Crippen LogP contribution in [-0.2, 0) is 4.79 Å². The molecule has 37 heavy (non-hydrogen) atoms. The van der Waals surface area contributed by atoms with Crippen molar-refractivity contribution in [2.75, 3.05) is 33.8 Å². The number of methoxy groups -OCH3 is 4. The smallest absolute Gasteiger partial charge is 0.270 e. The fourth-order valence-electron chi connectivity index (χ4n) is 3.45. The van der Waals surface area contributed by atoms with Gasteiger partial charge in [0.15, 0.2) is 23.0 Å². The Hall–Kier alpha value is -4.99. The van der Waals surface area contributed by atoms with Crippen molar-refractivity contribution in [3.8, 4) is 28.7 Å². The molecule has 0 radical (unpaired) electrons. The van der Waals surface area contributed by atoms with Gasteiger partial charge in [0.25, 0.3) is 5.69 Å². The summed E-state index contributed by atoms with van der Waals surface area (Å²) in [5, 5.41) is 24.1. The fraction of sp³-hybridized carbons (Fsp3) is 0.148. The number of ether oxygens (including phenoxy) is 4. The van der Waals surface area contributed by atoms with Crippen LogP contribution in [0.3, 0.4) is 0 Å². The minimum atomic E-state index is -0.547. The second kappa shape index (κ2) is 12.1. The fourth-order valence-corrected chi connectivity index (χ4v) is 3.45. The van der Waals surface area contributed by atoms with Crippen LogP contribution in [0.2, 0.25) is 0 Å². The topological polar surface area (TPSA) is 129 Å². The van der Waals surface area contributed by atoms with Crippen LogP contribution >= 0.6 is 0 Å². The second-order valence-electron chi connectivity index (χ2n) is 7.59. The summed E-state index contributed by atoms with van der Waals surface area (Å²) in [5.74, 6) is 0.822. The third-order valence-electron chi connectivity index (χ3n) is 5.24. The number of nitrogens with one attached hydrogen (secondary N) is 1. The van der Waals surface area contributed by atoms with Crippen molar-refractivity contribution in [1.82, 2.24) is 0 Å². The third-order valence-corrected chi connectivity index (χ3v) is 5.24. The summed E-state index contributed by atoms with van der Waals surface area (Å²) >= 11 is 0. The number of hydrogen-bond acceptors (Lipinski definition) is 8. The SMILES string of the molecule is COc1cc(C=Cc2cc(OC)c(OC)c(OC)c2)cc(NC(=O)/C=C/c2cccc([N+](=O)[O-])c2)c1O. The molecule has 0 aromatic heterocycles. The molecule has 192 valence electrons. The van der Waals surface area contributed by atoms with E-state index in [1.165, 1.54) is 58.8 Å². The Bertz CT molecular complexity index is 1340. The Morgan fingerprint density at radius 2 is 1.43 bits per heavy atom. The lowest BCUT2D eigenvalue weighted by Gasteiger charge is -2.13. The molecular weight excluding hydrogens is 480 g/mol. The summed E-state index contributed by atoms with van der Waals surface area (Å²) in [7, 11) is 5.97. The maximum atomic E-state index is 12.5. The van der Waals surface area contributed by atoms with E-state index >= 15 is 0 Å². The summed E-state index contributed by atoms with van der Waals surface area (Å²) in [6, 6.07) is 12.6. The van der Waals surface area contributed by atoms with E-state index in [2.05, 4.69) is 5.32 Å². The summed E-state index contributed by atoms with van der Waals surface area (Å²) in [5.41, 5.74) is 1.90. The molecule has 3 rings (SSSR count). The van der Waals surface area contributed by atoms with Crippen LogP contribution in [-0.4, -0.2) is 44.4 Å². The number of nitro benzene ring substituents is 1. The molecular formula is C27H26N2O8. The van der Waals surface area contributed by atoms with Crippen molar-refractivity contribution in [3.63, 3.8) is 0 Å². The van der Waals surface area contributed by atoms with Crippen LogP contribution in [0, 0.1) is 10.1 Å². The highest BCUT2D eigenvalue weighted by atomic mass is 16.6. The van der Waals surface area contributed by atoms with Gasteiger partial charge >= 0.3 is 0 Å². The molecule has 3 aromatic carbocycles. The van der Waals surface area contributed by atoms with Crippen LogP contribution in [0.5, 0.6) is 28.7 Å². The van der Waals surface area contributed by atoms with E-state index in [9.17, 15) is 20.0 Å². The molecule has 10 nitrogen and oxygen atoms in total. The van der Waals surface area contributed by atoms with E-state index in [4.69, 9.17) is 18.9 Å². The second-order valence-corrected chi connectivity index (χ2v) is 7.59. The molecule has 0 heterocycles. The van der Waals surface area contributed by atoms with Crippen LogP contribution in [0.25, 0.3) is 18.2 Å². The molecule has 3 aromatic rings. The molecule has 0 saturated heterocycles. The monoisotopic (exact) mass is 506 g/mol. The number of benzene rings is 3. The van der Waals surface area contributed by atoms with Crippen molar-refractivity contribution in [1.29, 1.82) is 0 Å². The molecule has 0 fully saturated rings. The van der Waals surface area contributed by atoms with Crippen molar-refractivity contribution in [2.24, 2.45) is 0 Å². The van der Waals surface area contributed by atoms with Gasteiger partial charge in [-0.2, -0.15) is 0 Å². The number of nitro groups is 1. The summed E-state index contributed by atoms with van der Waals surface area (Å²) in [6.45, 7) is 0. The lowest BCUT2D eigenvalue weighted by Crippen LogP contribution is -2.08. The Kier molecular flexibility index (Phi) is 8.71. The first-order valence-corrected chi connectivity index (χ1v) is 10.9. The molecule has 0 spiro atoms. The van der Waals surface area contributed by atoms with Crippen molar-refractivity contribution in [2.45, 2.75) is 0 Å². The normalized spacial score (nSPS) is 10.9. The van der Waals surface area contributed by atoms with Crippen LogP contribution in [0.1, 0.15) is 16.7 Å². The third kappa shape index (κ3) is 6.57. The Labute approximate surface area is 213 Å². The molecule has 2 N–H and O–H groups in total. The van der Waals surface area contributed by atoms with Gasteiger partial charge in [0.1, 0.15) is 0 Å². The zero-order chi connectivity index (χ0) is 26.9. The number of anilines is 1. The average molecular weight is 507 g/mol. The van der Waals surface area contributed by atoms with Crippen molar-refractivity contribution >= 4 is 35.5 Å². The first-order valence-electron chi connectivity index (χ1n) is 10.9. The zero-order valence-corrected chi connectivity index (χ0v) is 20.7. The maximum absolute atomic E-state index is 12.5. The van der Waals surface area contributed by atoms with Crippen molar-refractivity contribution in [3.05, 3.63) is 81.4 Å². The van der Waals surface area contributed by atoms with Gasteiger partial charge in [-0.15, -0.1) is 0 Å². The largest absolute Gasteiger partial charge is 0.503 e. The minimum absolute atomic E-state index is 0.0865. The van der Waals surface area contributed by atoms with Gasteiger partial charge < -0.3 is 29.4 Å². The number of hydrogen-bond donors (Lipinski definition) is 2. The van der Waals surface area contributed by atoms with E-state index in [-0.39, 0.29) is 22.9 Å². The van der Waals surface area contributed by atoms with Gasteiger partial charge in [-0.3, -0.25) is 14.9 Å². The number of amides is 1. The lowest BCUT2D eigenvalue weighted by atomic mass is 10.1. The summed E-state index contributed by atoms with van der Waals surface area (Å²) in [6.07, 6.45) is 6.20. The number of nitrogens with zero attached hydrogens (tertiary/aromatic N) is 1. The molecule has 0 unspecified atom stereocenters. The molecule has 0 atom stereocenters. The van der Waals surface area contributed by atoms with E-state index in [1.807, 2.05) is 0 Å². The predicted octanol–water partition coefficient (Wildman–Crippen LogP) is 5.16. The highest BCUT2D eigenvalue weighted by Gasteiger charge is 2.14. The number of phenols is 1. The zero-order valence-electron chi connectivity index (χ0n) is 20.7. The van der Waals surface area contributed by atoms with Gasteiger partial charge in [-0.05, 0) is 47.0 Å². The first kappa shape index (κ1) is 26.6. The highest BCUT2D eigenvalue weighted by molar-refractivity contribution is 6.03. The Morgan fingerprint density at radius 3 is 2.00 bits per heavy atom. The van der Waals surface area contributed by atoms with Crippen LogP contribution in [0.15, 0.2) is 54.6 Å². The number of non-ortho nitro benzene ring substituents is 1. The molecule has 1 amide bonds. The predicted molar refractivity (Wildman–Crippen MR) is 140 cm³/mol. The maximum Gasteiger partial charge on any atom is 0.270 e. The van der Waals surface area contributed by atoms with Gasteiger partial charge in [0.05, 0.1) is 39.0 Å². The molecule has 0 aliphatic rings. The van der Waals surface area contributed by atoms with Crippen molar-refractivity contribution < 1.29 is 33.8 Å². The average Bonchev–Trinajstić information content (AvgIpc) is 2.91. The summed E-state index contributed by atoms with van der Waals surface area (Å²) < 4.78 is 21.4. The number of phenolic OH excluding ortho intramolecular Hbond substituents is 1. The molecule has 10 heteroatoms. The lowest BCUT2D eigenvalue weighted by molar-refractivity contribution is -0.384. The quantitative estimate of drug-likeness (QED) is 0.127. The Morgan fingerprint density at radius 1 is 0.838 bits per heavy atom. The minimum Gasteiger partial charge on any atom is -0.503 e. The standard InChI is InChI=1S/C27H26N2O8/c1-34-22-14-18(8-9-19-15-23(35-2)27(37-4)24(16-19)36-3)13-21(26(22)31)28-25(30)11-10-17-6-5-7-20(12-17)29(32)33/h5-16,31H,1-4H3,(H,28,30)/b9-8?,11-10+. The Balaban J connectivity index is 1.86.